The maximum Gasteiger partial charge on any atom is 0.305 e. The molecule has 5 heteroatoms. The second-order valence-corrected chi connectivity index (χ2v) is 12.3. The van der Waals surface area contributed by atoms with Crippen LogP contribution in [-0.2, 0) is 23.8 Å². The lowest BCUT2D eigenvalue weighted by Crippen LogP contribution is -2.13. The fourth-order valence-corrected chi connectivity index (χ4v) is 5.72. The Labute approximate surface area is 248 Å². The van der Waals surface area contributed by atoms with Gasteiger partial charge in [0.2, 0.25) is 0 Å². The van der Waals surface area contributed by atoms with E-state index in [1.165, 1.54) is 83.5 Å². The fourth-order valence-electron chi connectivity index (χ4n) is 5.72. The minimum Gasteiger partial charge on any atom is -0.466 e. The minimum atomic E-state index is -0.0189. The Hall–Kier alpha value is -1.10. The van der Waals surface area contributed by atoms with Crippen molar-refractivity contribution in [3.05, 3.63) is 0 Å². The summed E-state index contributed by atoms with van der Waals surface area (Å²) in [4.78, 5) is 23.7. The smallest absolute Gasteiger partial charge is 0.305 e. The van der Waals surface area contributed by atoms with Gasteiger partial charge in [0.1, 0.15) is 0 Å². The Balaban J connectivity index is 1.93. The van der Waals surface area contributed by atoms with Gasteiger partial charge < -0.3 is 14.2 Å². The molecule has 0 aromatic carbocycles. The van der Waals surface area contributed by atoms with Crippen LogP contribution in [0, 0.1) is 11.8 Å². The van der Waals surface area contributed by atoms with Crippen molar-refractivity contribution in [1.29, 1.82) is 0 Å². The number of carbonyl (C=O) groups is 2. The summed E-state index contributed by atoms with van der Waals surface area (Å²) < 4.78 is 16.9. The van der Waals surface area contributed by atoms with Gasteiger partial charge in [-0.05, 0) is 50.4 Å². The molecular formula is C35H66O5. The van der Waals surface area contributed by atoms with E-state index >= 15 is 0 Å². The first kappa shape index (κ1) is 36.9. The third-order valence-electron chi connectivity index (χ3n) is 8.72. The first-order chi connectivity index (χ1) is 19.5. The summed E-state index contributed by atoms with van der Waals surface area (Å²) in [5.41, 5.74) is 0. The maximum atomic E-state index is 12.0. The molecule has 0 aliphatic carbocycles. The molecule has 1 saturated heterocycles. The molecule has 0 N–H and O–H groups in total. The number of hydrogen-bond donors (Lipinski definition) is 0. The van der Waals surface area contributed by atoms with Crippen molar-refractivity contribution in [2.24, 2.45) is 11.8 Å². The first-order valence-electron chi connectivity index (χ1n) is 17.5. The van der Waals surface area contributed by atoms with E-state index in [4.69, 9.17) is 14.2 Å². The van der Waals surface area contributed by atoms with Gasteiger partial charge in [0, 0.05) is 12.8 Å². The van der Waals surface area contributed by atoms with E-state index in [2.05, 4.69) is 27.7 Å². The summed E-state index contributed by atoms with van der Waals surface area (Å²) in [7, 11) is 0. The molecule has 236 valence electrons. The van der Waals surface area contributed by atoms with Gasteiger partial charge in [-0.2, -0.15) is 0 Å². The Bertz CT molecular complexity index is 607. The lowest BCUT2D eigenvalue weighted by molar-refractivity contribution is -0.145. The Morgan fingerprint density at radius 2 is 1.23 bits per heavy atom. The van der Waals surface area contributed by atoms with Gasteiger partial charge in [-0.25, -0.2) is 0 Å². The zero-order valence-corrected chi connectivity index (χ0v) is 27.0. The number of epoxide rings is 1. The van der Waals surface area contributed by atoms with Crippen molar-refractivity contribution in [3.63, 3.8) is 0 Å². The highest BCUT2D eigenvalue weighted by atomic mass is 16.6. The number of ether oxygens (including phenoxy) is 3. The lowest BCUT2D eigenvalue weighted by atomic mass is 9.92. The fraction of sp³-hybridized carbons (Fsp3) is 0.943. The second-order valence-electron chi connectivity index (χ2n) is 12.3. The monoisotopic (exact) mass is 566 g/mol. The summed E-state index contributed by atoms with van der Waals surface area (Å²) in [6.45, 7) is 10.1. The van der Waals surface area contributed by atoms with Crippen LogP contribution in [0.15, 0.2) is 0 Å². The molecular weight excluding hydrogens is 500 g/mol. The van der Waals surface area contributed by atoms with E-state index < -0.39 is 0 Å². The van der Waals surface area contributed by atoms with Crippen LogP contribution in [-0.4, -0.2) is 37.4 Å². The van der Waals surface area contributed by atoms with Crippen LogP contribution in [0.3, 0.4) is 0 Å². The molecule has 0 radical (unpaired) electrons. The van der Waals surface area contributed by atoms with Crippen molar-refractivity contribution in [2.75, 3.05) is 13.2 Å². The van der Waals surface area contributed by atoms with E-state index in [9.17, 15) is 9.59 Å². The number of esters is 2. The molecule has 1 aliphatic heterocycles. The van der Waals surface area contributed by atoms with Crippen molar-refractivity contribution >= 4 is 11.9 Å². The van der Waals surface area contributed by atoms with E-state index in [0.29, 0.717) is 50.1 Å². The van der Waals surface area contributed by atoms with E-state index in [1.807, 2.05) is 0 Å². The quantitative estimate of drug-likeness (QED) is 0.0512. The lowest BCUT2D eigenvalue weighted by Gasteiger charge is -2.14. The number of carbonyl (C=O) groups excluding carboxylic acids is 2. The topological polar surface area (TPSA) is 65.1 Å². The summed E-state index contributed by atoms with van der Waals surface area (Å²) in [5, 5.41) is 0. The molecule has 5 nitrogen and oxygen atoms in total. The van der Waals surface area contributed by atoms with Crippen molar-refractivity contribution in [2.45, 2.75) is 188 Å². The average molecular weight is 567 g/mol. The Kier molecular flexibility index (Phi) is 23.6. The first-order valence-corrected chi connectivity index (χ1v) is 17.5. The molecule has 0 bridgehead atoms. The van der Waals surface area contributed by atoms with Gasteiger partial charge in [0.05, 0.1) is 25.4 Å². The molecule has 1 aliphatic rings. The second kappa shape index (κ2) is 25.6. The molecule has 4 atom stereocenters. The van der Waals surface area contributed by atoms with Crippen LogP contribution in [0.1, 0.15) is 175 Å². The summed E-state index contributed by atoms with van der Waals surface area (Å²) in [6.07, 6.45) is 26.8. The van der Waals surface area contributed by atoms with E-state index in [1.54, 1.807) is 0 Å². The van der Waals surface area contributed by atoms with Gasteiger partial charge in [-0.1, -0.05) is 124 Å². The van der Waals surface area contributed by atoms with E-state index in [0.717, 1.165) is 51.4 Å². The normalized spacial score (nSPS) is 17.9. The molecule has 1 fully saturated rings. The van der Waals surface area contributed by atoms with Gasteiger partial charge in [0.25, 0.3) is 0 Å². The van der Waals surface area contributed by atoms with Crippen LogP contribution in [0.4, 0.5) is 0 Å². The minimum absolute atomic E-state index is 0.00700. The SMILES string of the molecule is CCCCCOC(=O)CCCCCCCC(CC)C1OC1CCCCCCCCC(=O)OCC(CC)CCCC. The van der Waals surface area contributed by atoms with Crippen LogP contribution < -0.4 is 0 Å². The summed E-state index contributed by atoms with van der Waals surface area (Å²) in [6, 6.07) is 0. The van der Waals surface area contributed by atoms with Crippen molar-refractivity contribution in [3.8, 4) is 0 Å². The molecule has 1 rings (SSSR count). The molecule has 0 saturated carbocycles. The molecule has 0 amide bonds. The number of hydrogen-bond acceptors (Lipinski definition) is 5. The summed E-state index contributed by atoms with van der Waals surface area (Å²) >= 11 is 0. The molecule has 1 heterocycles. The standard InChI is InChI=1S/C35H66O5/c1-5-9-22-28-38-33(36)26-20-17-13-14-18-24-31(8-4)35-32(40-35)25-19-15-11-12-16-21-27-34(37)39-29-30(7-3)23-10-6-2/h30-32,35H,5-29H2,1-4H3. The zero-order chi connectivity index (χ0) is 29.3. The predicted octanol–water partition coefficient (Wildman–Crippen LogP) is 10.1. The molecule has 4 unspecified atom stereocenters. The largest absolute Gasteiger partial charge is 0.466 e. The number of rotatable bonds is 29. The highest BCUT2D eigenvalue weighted by molar-refractivity contribution is 5.69. The van der Waals surface area contributed by atoms with Gasteiger partial charge in [-0.15, -0.1) is 0 Å². The average Bonchev–Trinajstić information content (AvgIpc) is 3.73. The van der Waals surface area contributed by atoms with Crippen molar-refractivity contribution in [1.82, 2.24) is 0 Å². The third-order valence-corrected chi connectivity index (χ3v) is 8.72. The summed E-state index contributed by atoms with van der Waals surface area (Å²) in [5.74, 6) is 1.22. The molecule has 40 heavy (non-hydrogen) atoms. The third kappa shape index (κ3) is 19.9. The molecule has 0 aromatic heterocycles. The predicted molar refractivity (Wildman–Crippen MR) is 166 cm³/mol. The van der Waals surface area contributed by atoms with E-state index in [-0.39, 0.29) is 11.9 Å². The number of unbranched alkanes of at least 4 members (excludes halogenated alkanes) is 12. The van der Waals surface area contributed by atoms with Gasteiger partial charge in [-0.3, -0.25) is 9.59 Å². The maximum absolute atomic E-state index is 12.0. The Morgan fingerprint density at radius 1 is 0.625 bits per heavy atom. The van der Waals surface area contributed by atoms with Gasteiger partial charge >= 0.3 is 11.9 Å². The molecule has 0 aromatic rings. The highest BCUT2D eigenvalue weighted by Gasteiger charge is 2.42. The highest BCUT2D eigenvalue weighted by Crippen LogP contribution is 2.37. The van der Waals surface area contributed by atoms with Gasteiger partial charge in [0.15, 0.2) is 0 Å². The zero-order valence-electron chi connectivity index (χ0n) is 27.0. The Morgan fingerprint density at radius 3 is 1.85 bits per heavy atom. The van der Waals surface area contributed by atoms with Crippen LogP contribution >= 0.6 is 0 Å². The van der Waals surface area contributed by atoms with Crippen LogP contribution in [0.5, 0.6) is 0 Å². The van der Waals surface area contributed by atoms with Crippen LogP contribution in [0.2, 0.25) is 0 Å². The van der Waals surface area contributed by atoms with Crippen molar-refractivity contribution < 1.29 is 23.8 Å². The molecule has 0 spiro atoms. The van der Waals surface area contributed by atoms with Crippen LogP contribution in [0.25, 0.3) is 0 Å².